The molecule has 5 nitrogen and oxygen atoms in total. The summed E-state index contributed by atoms with van der Waals surface area (Å²) >= 11 is 1.43. The molecule has 22 heavy (non-hydrogen) atoms. The lowest BCUT2D eigenvalue weighted by Gasteiger charge is -2.04. The summed E-state index contributed by atoms with van der Waals surface area (Å²) in [6, 6.07) is 5.71. The molecule has 1 amide bonds. The van der Waals surface area contributed by atoms with Crippen LogP contribution in [-0.4, -0.2) is 17.7 Å². The first-order chi connectivity index (χ1) is 10.6. The van der Waals surface area contributed by atoms with Crippen LogP contribution in [0.1, 0.15) is 26.7 Å². The van der Waals surface area contributed by atoms with E-state index in [0.29, 0.717) is 17.5 Å². The van der Waals surface area contributed by atoms with Crippen LogP contribution in [0.4, 0.5) is 5.13 Å². The van der Waals surface area contributed by atoms with Gasteiger partial charge in [-0.05, 0) is 30.5 Å². The van der Waals surface area contributed by atoms with Crippen molar-refractivity contribution >= 4 is 22.4 Å². The third-order valence-electron chi connectivity index (χ3n) is 3.37. The molecule has 0 bridgehead atoms. The van der Waals surface area contributed by atoms with Crippen molar-refractivity contribution in [3.8, 4) is 22.8 Å². The van der Waals surface area contributed by atoms with Gasteiger partial charge in [-0.3, -0.25) is 4.79 Å². The number of amides is 1. The monoisotopic (exact) mass is 318 g/mol. The van der Waals surface area contributed by atoms with Crippen molar-refractivity contribution < 1.29 is 14.3 Å². The quantitative estimate of drug-likeness (QED) is 0.908. The highest BCUT2D eigenvalue weighted by molar-refractivity contribution is 7.14. The Morgan fingerprint density at radius 2 is 2.18 bits per heavy atom. The molecule has 0 atom stereocenters. The van der Waals surface area contributed by atoms with Crippen molar-refractivity contribution in [3.05, 3.63) is 23.6 Å². The SMILES string of the molecule is CC(C)CCC(=O)Nc1nc(-c2ccc3c(c2)OCO3)cs1. The second-order valence-corrected chi connectivity index (χ2v) is 6.44. The fourth-order valence-electron chi connectivity index (χ4n) is 2.12. The Hall–Kier alpha value is -2.08. The largest absolute Gasteiger partial charge is 0.454 e. The lowest BCUT2D eigenvalue weighted by molar-refractivity contribution is -0.116. The summed E-state index contributed by atoms with van der Waals surface area (Å²) < 4.78 is 10.7. The minimum atomic E-state index is 0.0142. The van der Waals surface area contributed by atoms with Crippen LogP contribution in [0.15, 0.2) is 23.6 Å². The summed E-state index contributed by atoms with van der Waals surface area (Å²) in [7, 11) is 0. The standard InChI is InChI=1S/C16H18N2O3S/c1-10(2)3-6-15(19)18-16-17-12(8-22-16)11-4-5-13-14(7-11)21-9-20-13/h4-5,7-8,10H,3,6,9H2,1-2H3,(H,17,18,19). The summed E-state index contributed by atoms with van der Waals surface area (Å²) in [5.74, 6) is 2.01. The number of ether oxygens (including phenoxy) is 2. The summed E-state index contributed by atoms with van der Waals surface area (Å²) in [5, 5.41) is 5.40. The van der Waals surface area contributed by atoms with Gasteiger partial charge in [0.1, 0.15) is 0 Å². The van der Waals surface area contributed by atoms with Crippen molar-refractivity contribution in [3.63, 3.8) is 0 Å². The normalized spacial score (nSPS) is 12.7. The van der Waals surface area contributed by atoms with E-state index in [4.69, 9.17) is 9.47 Å². The molecule has 2 heterocycles. The molecule has 0 fully saturated rings. The van der Waals surface area contributed by atoms with Crippen molar-refractivity contribution in [2.75, 3.05) is 12.1 Å². The fraction of sp³-hybridized carbons (Fsp3) is 0.375. The zero-order chi connectivity index (χ0) is 15.5. The van der Waals surface area contributed by atoms with Crippen molar-refractivity contribution in [1.29, 1.82) is 0 Å². The molecule has 0 aliphatic carbocycles. The number of fused-ring (bicyclic) bond motifs is 1. The zero-order valence-electron chi connectivity index (χ0n) is 12.6. The molecule has 0 spiro atoms. The summed E-state index contributed by atoms with van der Waals surface area (Å²) in [5.41, 5.74) is 1.77. The molecule has 1 aliphatic heterocycles. The maximum absolute atomic E-state index is 11.8. The molecule has 116 valence electrons. The number of nitrogens with one attached hydrogen (secondary N) is 1. The van der Waals surface area contributed by atoms with E-state index in [1.807, 2.05) is 23.6 Å². The average Bonchev–Trinajstić information content (AvgIpc) is 3.12. The number of carbonyl (C=O) groups excluding carboxylic acids is 1. The van der Waals surface area contributed by atoms with Gasteiger partial charge in [-0.1, -0.05) is 13.8 Å². The first-order valence-corrected chi connectivity index (χ1v) is 8.15. The number of benzene rings is 1. The number of aromatic nitrogens is 1. The molecule has 1 aliphatic rings. The third kappa shape index (κ3) is 3.39. The van der Waals surface area contributed by atoms with E-state index in [0.717, 1.165) is 29.2 Å². The Labute approximate surface area is 133 Å². The van der Waals surface area contributed by atoms with Crippen LogP contribution >= 0.6 is 11.3 Å². The number of anilines is 1. The van der Waals surface area contributed by atoms with Gasteiger partial charge in [-0.25, -0.2) is 4.98 Å². The summed E-state index contributed by atoms with van der Waals surface area (Å²) in [6.45, 7) is 4.47. The minimum Gasteiger partial charge on any atom is -0.454 e. The number of carbonyl (C=O) groups is 1. The molecule has 1 aromatic heterocycles. The van der Waals surface area contributed by atoms with Gasteiger partial charge in [-0.15, -0.1) is 11.3 Å². The van der Waals surface area contributed by atoms with Crippen LogP contribution in [0.5, 0.6) is 11.5 Å². The van der Waals surface area contributed by atoms with E-state index in [2.05, 4.69) is 24.1 Å². The second-order valence-electron chi connectivity index (χ2n) is 5.59. The number of nitrogens with zero attached hydrogens (tertiary/aromatic N) is 1. The van der Waals surface area contributed by atoms with E-state index in [9.17, 15) is 4.79 Å². The summed E-state index contributed by atoms with van der Waals surface area (Å²) in [6.07, 6.45) is 1.41. The third-order valence-corrected chi connectivity index (χ3v) is 4.13. The van der Waals surface area contributed by atoms with Gasteiger partial charge in [0.25, 0.3) is 0 Å². The first kappa shape index (κ1) is 14.8. The van der Waals surface area contributed by atoms with Gasteiger partial charge in [0.15, 0.2) is 16.6 Å². The van der Waals surface area contributed by atoms with Gasteiger partial charge in [0.2, 0.25) is 12.7 Å². The molecule has 0 unspecified atom stereocenters. The van der Waals surface area contributed by atoms with Crippen LogP contribution in [0.2, 0.25) is 0 Å². The molecule has 0 saturated carbocycles. The van der Waals surface area contributed by atoms with Gasteiger partial charge < -0.3 is 14.8 Å². The average molecular weight is 318 g/mol. The maximum atomic E-state index is 11.8. The van der Waals surface area contributed by atoms with Gasteiger partial charge in [0, 0.05) is 17.4 Å². The fourth-order valence-corrected chi connectivity index (χ4v) is 2.86. The molecule has 0 radical (unpaired) electrons. The molecular formula is C16H18N2O3S. The predicted molar refractivity (Wildman–Crippen MR) is 86.4 cm³/mol. The minimum absolute atomic E-state index is 0.0142. The highest BCUT2D eigenvalue weighted by Crippen LogP contribution is 2.36. The highest BCUT2D eigenvalue weighted by Gasteiger charge is 2.15. The molecule has 2 aromatic rings. The highest BCUT2D eigenvalue weighted by atomic mass is 32.1. The van der Waals surface area contributed by atoms with E-state index >= 15 is 0 Å². The van der Waals surface area contributed by atoms with Crippen LogP contribution in [-0.2, 0) is 4.79 Å². The zero-order valence-corrected chi connectivity index (χ0v) is 13.4. The number of thiazole rings is 1. The number of hydrogen-bond acceptors (Lipinski definition) is 5. The van der Waals surface area contributed by atoms with Gasteiger partial charge in [0.05, 0.1) is 5.69 Å². The Morgan fingerprint density at radius 3 is 3.00 bits per heavy atom. The van der Waals surface area contributed by atoms with E-state index < -0.39 is 0 Å². The number of rotatable bonds is 5. The van der Waals surface area contributed by atoms with Crippen molar-refractivity contribution in [2.24, 2.45) is 5.92 Å². The molecule has 6 heteroatoms. The smallest absolute Gasteiger partial charge is 0.231 e. The predicted octanol–water partition coefficient (Wildman–Crippen LogP) is 3.91. The maximum Gasteiger partial charge on any atom is 0.231 e. The van der Waals surface area contributed by atoms with Crippen LogP contribution < -0.4 is 14.8 Å². The van der Waals surface area contributed by atoms with Crippen LogP contribution in [0, 0.1) is 5.92 Å². The lowest BCUT2D eigenvalue weighted by atomic mass is 10.1. The molecule has 1 aromatic carbocycles. The Balaban J connectivity index is 1.67. The van der Waals surface area contributed by atoms with E-state index in [-0.39, 0.29) is 12.7 Å². The number of hydrogen-bond donors (Lipinski definition) is 1. The summed E-state index contributed by atoms with van der Waals surface area (Å²) in [4.78, 5) is 16.3. The van der Waals surface area contributed by atoms with E-state index in [1.54, 1.807) is 0 Å². The van der Waals surface area contributed by atoms with Crippen molar-refractivity contribution in [2.45, 2.75) is 26.7 Å². The Kier molecular flexibility index (Phi) is 4.29. The van der Waals surface area contributed by atoms with Crippen molar-refractivity contribution in [1.82, 2.24) is 4.98 Å². The molecule has 0 saturated heterocycles. The lowest BCUT2D eigenvalue weighted by Crippen LogP contribution is -2.11. The van der Waals surface area contributed by atoms with Gasteiger partial charge in [-0.2, -0.15) is 0 Å². The van der Waals surface area contributed by atoms with Gasteiger partial charge >= 0.3 is 0 Å². The van der Waals surface area contributed by atoms with E-state index in [1.165, 1.54) is 11.3 Å². The van der Waals surface area contributed by atoms with Crippen LogP contribution in [0.25, 0.3) is 11.3 Å². The first-order valence-electron chi connectivity index (χ1n) is 7.27. The Bertz CT molecular complexity index is 682. The molecular weight excluding hydrogens is 300 g/mol. The second kappa shape index (κ2) is 6.36. The Morgan fingerprint density at radius 1 is 1.36 bits per heavy atom. The molecule has 3 rings (SSSR count). The van der Waals surface area contributed by atoms with Crippen LogP contribution in [0.3, 0.4) is 0 Å². The molecule has 1 N–H and O–H groups in total. The topological polar surface area (TPSA) is 60.5 Å².